The Bertz CT molecular complexity index is 1020. The molecule has 1 atom stereocenters. The summed E-state index contributed by atoms with van der Waals surface area (Å²) in [7, 11) is 0. The molecule has 3 N–H and O–H groups in total. The number of nitrogens with zero attached hydrogens (tertiary/aromatic N) is 2. The number of halogens is 2. The molecule has 0 radical (unpaired) electrons. The van der Waals surface area contributed by atoms with Gasteiger partial charge in [-0.2, -0.15) is 0 Å². The highest BCUT2D eigenvalue weighted by atomic mass is 35.5. The number of aromatic nitrogens is 1. The fourth-order valence-corrected chi connectivity index (χ4v) is 3.86. The van der Waals surface area contributed by atoms with Crippen molar-refractivity contribution in [3.63, 3.8) is 0 Å². The molecule has 2 heterocycles. The van der Waals surface area contributed by atoms with Gasteiger partial charge in [-0.05, 0) is 55.3 Å². The van der Waals surface area contributed by atoms with Gasteiger partial charge in [-0.25, -0.2) is 9.37 Å². The lowest BCUT2D eigenvalue weighted by molar-refractivity contribution is 0.477. The zero-order valence-corrected chi connectivity index (χ0v) is 16.2. The molecule has 0 bridgehead atoms. The molecule has 0 spiro atoms. The molecule has 1 fully saturated rings. The first-order valence-corrected chi connectivity index (χ1v) is 9.57. The summed E-state index contributed by atoms with van der Waals surface area (Å²) in [5.41, 5.74) is 9.16. The summed E-state index contributed by atoms with van der Waals surface area (Å²) in [6, 6.07) is 13.6. The molecule has 1 aliphatic heterocycles. The minimum Gasteiger partial charge on any atom is -0.507 e. The van der Waals surface area contributed by atoms with Crippen LogP contribution in [0.1, 0.15) is 12.0 Å². The molecule has 0 saturated carbocycles. The fourth-order valence-electron chi connectivity index (χ4n) is 3.58. The van der Waals surface area contributed by atoms with Gasteiger partial charge < -0.3 is 15.7 Å². The number of phenolic OH excluding ortho intramolecular Hbond substituents is 1. The van der Waals surface area contributed by atoms with E-state index < -0.39 is 5.82 Å². The highest BCUT2D eigenvalue weighted by Crippen LogP contribution is 2.37. The number of phenols is 1. The van der Waals surface area contributed by atoms with Crippen LogP contribution in [0.3, 0.4) is 0 Å². The second-order valence-corrected chi connectivity index (χ2v) is 7.62. The number of nitrogens with two attached hydrogens (primary N) is 1. The van der Waals surface area contributed by atoms with Gasteiger partial charge in [-0.3, -0.25) is 0 Å². The van der Waals surface area contributed by atoms with Crippen molar-refractivity contribution in [1.29, 1.82) is 0 Å². The zero-order valence-electron chi connectivity index (χ0n) is 15.5. The highest BCUT2D eigenvalue weighted by Gasteiger charge is 2.23. The lowest BCUT2D eigenvalue weighted by Gasteiger charge is -2.20. The van der Waals surface area contributed by atoms with Crippen LogP contribution in [0.25, 0.3) is 22.4 Å². The van der Waals surface area contributed by atoms with Crippen LogP contribution in [0.4, 0.5) is 10.2 Å². The third kappa shape index (κ3) is 3.55. The van der Waals surface area contributed by atoms with Crippen LogP contribution < -0.4 is 10.6 Å². The summed E-state index contributed by atoms with van der Waals surface area (Å²) >= 11 is 6.31. The van der Waals surface area contributed by atoms with Gasteiger partial charge in [0.1, 0.15) is 17.4 Å². The van der Waals surface area contributed by atoms with Crippen LogP contribution in [0, 0.1) is 12.7 Å². The van der Waals surface area contributed by atoms with E-state index >= 15 is 0 Å². The molecule has 6 heteroatoms. The molecule has 144 valence electrons. The molecule has 4 nitrogen and oxygen atoms in total. The Morgan fingerprint density at radius 3 is 2.75 bits per heavy atom. The van der Waals surface area contributed by atoms with Crippen molar-refractivity contribution in [1.82, 2.24) is 4.98 Å². The van der Waals surface area contributed by atoms with E-state index in [1.54, 1.807) is 24.3 Å². The first-order chi connectivity index (χ1) is 13.4. The summed E-state index contributed by atoms with van der Waals surface area (Å²) in [6.45, 7) is 3.41. The number of hydrogen-bond donors (Lipinski definition) is 2. The van der Waals surface area contributed by atoms with Gasteiger partial charge in [-0.1, -0.05) is 29.3 Å². The van der Waals surface area contributed by atoms with Gasteiger partial charge in [0.2, 0.25) is 0 Å². The Balaban J connectivity index is 1.92. The number of pyridine rings is 1. The van der Waals surface area contributed by atoms with Crippen molar-refractivity contribution < 1.29 is 9.50 Å². The number of benzene rings is 2. The molecule has 1 aromatic heterocycles. The van der Waals surface area contributed by atoms with Crippen molar-refractivity contribution in [3.8, 4) is 28.1 Å². The zero-order chi connectivity index (χ0) is 19.8. The second-order valence-electron chi connectivity index (χ2n) is 7.21. The average Bonchev–Trinajstić information content (AvgIpc) is 3.10. The number of hydrogen-bond acceptors (Lipinski definition) is 4. The Morgan fingerprint density at radius 2 is 2.04 bits per heavy atom. The van der Waals surface area contributed by atoms with E-state index in [1.165, 1.54) is 6.07 Å². The highest BCUT2D eigenvalue weighted by molar-refractivity contribution is 6.33. The van der Waals surface area contributed by atoms with E-state index in [0.29, 0.717) is 39.8 Å². The number of anilines is 1. The largest absolute Gasteiger partial charge is 0.507 e. The van der Waals surface area contributed by atoms with E-state index in [0.717, 1.165) is 18.5 Å². The number of aryl methyl sites for hydroxylation is 1. The molecule has 3 aromatic rings. The van der Waals surface area contributed by atoms with Crippen molar-refractivity contribution in [2.75, 3.05) is 18.0 Å². The third-order valence-corrected chi connectivity index (χ3v) is 5.35. The van der Waals surface area contributed by atoms with Gasteiger partial charge in [0, 0.05) is 30.3 Å². The van der Waals surface area contributed by atoms with Crippen LogP contribution in [-0.4, -0.2) is 29.2 Å². The van der Waals surface area contributed by atoms with Crippen molar-refractivity contribution in [2.45, 2.75) is 19.4 Å². The van der Waals surface area contributed by atoms with Gasteiger partial charge >= 0.3 is 0 Å². The van der Waals surface area contributed by atoms with Crippen LogP contribution in [0.2, 0.25) is 5.02 Å². The van der Waals surface area contributed by atoms with E-state index in [-0.39, 0.29) is 11.8 Å². The monoisotopic (exact) mass is 397 g/mol. The minimum absolute atomic E-state index is 0.0818. The van der Waals surface area contributed by atoms with Crippen molar-refractivity contribution >= 4 is 17.4 Å². The molecule has 28 heavy (non-hydrogen) atoms. The summed E-state index contributed by atoms with van der Waals surface area (Å²) < 4.78 is 14.6. The maximum Gasteiger partial charge on any atom is 0.132 e. The van der Waals surface area contributed by atoms with Gasteiger partial charge in [0.15, 0.2) is 0 Å². The normalized spacial score (nSPS) is 16.6. The maximum atomic E-state index is 14.6. The van der Waals surface area contributed by atoms with Crippen LogP contribution in [0.15, 0.2) is 48.5 Å². The van der Waals surface area contributed by atoms with Gasteiger partial charge in [0.25, 0.3) is 0 Å². The molecule has 0 aliphatic carbocycles. The number of aromatic hydroxyl groups is 1. The quantitative estimate of drug-likeness (QED) is 0.668. The van der Waals surface area contributed by atoms with Crippen LogP contribution in [-0.2, 0) is 0 Å². The molecular weight excluding hydrogens is 377 g/mol. The lowest BCUT2D eigenvalue weighted by Crippen LogP contribution is -2.27. The minimum atomic E-state index is -0.401. The predicted molar refractivity (Wildman–Crippen MR) is 111 cm³/mol. The lowest BCUT2D eigenvalue weighted by atomic mass is 10.0. The smallest absolute Gasteiger partial charge is 0.132 e. The van der Waals surface area contributed by atoms with Crippen LogP contribution >= 0.6 is 11.6 Å². The summed E-state index contributed by atoms with van der Waals surface area (Å²) in [5.74, 6) is 0.418. The Labute approximate surface area is 168 Å². The molecule has 1 unspecified atom stereocenters. The molecule has 1 saturated heterocycles. The summed E-state index contributed by atoms with van der Waals surface area (Å²) in [4.78, 5) is 6.83. The second kappa shape index (κ2) is 7.41. The Kier molecular flexibility index (Phi) is 4.96. The van der Waals surface area contributed by atoms with Gasteiger partial charge in [-0.15, -0.1) is 0 Å². The summed E-state index contributed by atoms with van der Waals surface area (Å²) in [5, 5.41) is 10.7. The first-order valence-electron chi connectivity index (χ1n) is 9.19. The third-order valence-electron chi connectivity index (χ3n) is 5.04. The van der Waals surface area contributed by atoms with E-state index in [2.05, 4.69) is 4.90 Å². The number of rotatable bonds is 3. The molecule has 4 rings (SSSR count). The molecule has 2 aromatic carbocycles. The summed E-state index contributed by atoms with van der Waals surface area (Å²) in [6.07, 6.45) is 0.872. The van der Waals surface area contributed by atoms with Crippen molar-refractivity contribution in [3.05, 3.63) is 64.9 Å². The molecule has 1 aliphatic rings. The van der Waals surface area contributed by atoms with Crippen molar-refractivity contribution in [2.24, 2.45) is 5.73 Å². The maximum absolute atomic E-state index is 14.6. The fraction of sp³-hybridized carbons (Fsp3) is 0.227. The molecule has 0 amide bonds. The predicted octanol–water partition coefficient (Wildman–Crippen LogP) is 4.76. The van der Waals surface area contributed by atoms with E-state index in [1.807, 2.05) is 25.1 Å². The van der Waals surface area contributed by atoms with Gasteiger partial charge in [0.05, 0.1) is 10.7 Å². The Hall–Kier alpha value is -2.63. The first kappa shape index (κ1) is 18.7. The SMILES string of the molecule is Cc1ccc(O)c(-c2cc(-c3c(F)cccc3Cl)cc(N3CCC(N)C3)n2)c1. The van der Waals surface area contributed by atoms with E-state index in [4.69, 9.17) is 22.3 Å². The average molecular weight is 398 g/mol. The Morgan fingerprint density at radius 1 is 1.21 bits per heavy atom. The van der Waals surface area contributed by atoms with E-state index in [9.17, 15) is 9.50 Å². The standard InChI is InChI=1S/C22H21ClFN3O/c1-13-5-6-20(28)16(9-13)19-10-14(22-17(23)3-2-4-18(22)24)11-21(26-19)27-8-7-15(25)12-27/h2-6,9-11,15,28H,7-8,12,25H2,1H3. The topological polar surface area (TPSA) is 62.4 Å². The van der Waals surface area contributed by atoms with Crippen LogP contribution in [0.5, 0.6) is 5.75 Å². The molecular formula is C22H21ClFN3O.